The Morgan fingerprint density at radius 3 is 2.37 bits per heavy atom. The van der Waals surface area contributed by atoms with Crippen LogP contribution in [0.5, 0.6) is 5.75 Å². The normalized spacial score (nSPS) is 11.0. The predicted molar refractivity (Wildman–Crippen MR) is 74.7 cm³/mol. The third-order valence-electron chi connectivity index (χ3n) is 2.53. The van der Waals surface area contributed by atoms with Gasteiger partial charge in [0.15, 0.2) is 0 Å². The van der Waals surface area contributed by atoms with Gasteiger partial charge in [0.25, 0.3) is 10.0 Å². The second-order valence-corrected chi connectivity index (χ2v) is 5.53. The fourth-order valence-corrected chi connectivity index (χ4v) is 2.79. The number of nitrogen functional groups attached to an aromatic ring is 1. The van der Waals surface area contributed by atoms with E-state index in [4.69, 9.17) is 10.5 Å². The van der Waals surface area contributed by atoms with Crippen molar-refractivity contribution in [2.24, 2.45) is 0 Å². The van der Waals surface area contributed by atoms with E-state index in [0.717, 1.165) is 0 Å². The second kappa shape index (κ2) is 5.19. The van der Waals surface area contributed by atoms with Crippen molar-refractivity contribution in [3.8, 4) is 5.75 Å². The van der Waals surface area contributed by atoms with E-state index in [1.165, 1.54) is 19.2 Å². The molecule has 0 saturated heterocycles. The van der Waals surface area contributed by atoms with Gasteiger partial charge < -0.3 is 10.5 Å². The lowest BCUT2D eigenvalue weighted by atomic mass is 10.3. The van der Waals surface area contributed by atoms with Crippen molar-refractivity contribution in [3.63, 3.8) is 0 Å². The van der Waals surface area contributed by atoms with Crippen LogP contribution in [0.4, 0.5) is 11.4 Å². The highest BCUT2D eigenvalue weighted by Crippen LogP contribution is 2.25. The molecule has 100 valence electrons. The Labute approximate surface area is 112 Å². The molecule has 0 atom stereocenters. The average molecular weight is 278 g/mol. The summed E-state index contributed by atoms with van der Waals surface area (Å²) in [5.74, 6) is 0.510. The summed E-state index contributed by atoms with van der Waals surface area (Å²) in [4.78, 5) is 0.0251. The largest absolute Gasteiger partial charge is 0.497 e. The third-order valence-corrected chi connectivity index (χ3v) is 3.99. The molecule has 0 heterocycles. The zero-order valence-corrected chi connectivity index (χ0v) is 11.1. The number of anilines is 2. The van der Waals surface area contributed by atoms with E-state index < -0.39 is 10.0 Å². The van der Waals surface area contributed by atoms with Gasteiger partial charge in [0, 0.05) is 11.8 Å². The molecule has 0 aliphatic heterocycles. The molecule has 6 heteroatoms. The van der Waals surface area contributed by atoms with E-state index in [-0.39, 0.29) is 10.6 Å². The number of rotatable bonds is 4. The zero-order chi connectivity index (χ0) is 13.9. The Hall–Kier alpha value is -2.21. The van der Waals surface area contributed by atoms with Crippen LogP contribution in [0.1, 0.15) is 0 Å². The lowest BCUT2D eigenvalue weighted by Gasteiger charge is -2.11. The molecular formula is C13H14N2O3S. The molecule has 2 rings (SSSR count). The SMILES string of the molecule is COc1ccc(S(=O)(=O)Nc2ccccc2)c(N)c1. The quantitative estimate of drug-likeness (QED) is 0.839. The number of benzene rings is 2. The summed E-state index contributed by atoms with van der Waals surface area (Å²) < 4.78 is 31.8. The Kier molecular flexibility index (Phi) is 3.62. The van der Waals surface area contributed by atoms with Gasteiger partial charge in [-0.25, -0.2) is 8.42 Å². The Bertz CT molecular complexity index is 670. The molecule has 3 N–H and O–H groups in total. The third kappa shape index (κ3) is 2.97. The van der Waals surface area contributed by atoms with Crippen LogP contribution in [-0.4, -0.2) is 15.5 Å². The van der Waals surface area contributed by atoms with Gasteiger partial charge in [0.05, 0.1) is 12.8 Å². The average Bonchev–Trinajstić information content (AvgIpc) is 2.38. The zero-order valence-electron chi connectivity index (χ0n) is 10.3. The van der Waals surface area contributed by atoms with Gasteiger partial charge in [-0.1, -0.05) is 18.2 Å². The fourth-order valence-electron chi connectivity index (χ4n) is 1.61. The van der Waals surface area contributed by atoms with Crippen molar-refractivity contribution in [2.45, 2.75) is 4.90 Å². The molecule has 0 aliphatic rings. The van der Waals surface area contributed by atoms with Gasteiger partial charge in [0.2, 0.25) is 0 Å². The fraction of sp³-hybridized carbons (Fsp3) is 0.0769. The molecule has 0 radical (unpaired) electrons. The van der Waals surface area contributed by atoms with Crippen LogP contribution in [0.15, 0.2) is 53.4 Å². The number of methoxy groups -OCH3 is 1. The predicted octanol–water partition coefficient (Wildman–Crippen LogP) is 2.08. The minimum Gasteiger partial charge on any atom is -0.497 e. The number of nitrogens with two attached hydrogens (primary N) is 1. The lowest BCUT2D eigenvalue weighted by molar-refractivity contribution is 0.414. The van der Waals surface area contributed by atoms with Crippen molar-refractivity contribution in [2.75, 3.05) is 17.6 Å². The van der Waals surface area contributed by atoms with Crippen LogP contribution < -0.4 is 15.2 Å². The highest BCUT2D eigenvalue weighted by atomic mass is 32.2. The molecule has 0 amide bonds. The molecule has 0 aliphatic carbocycles. The Balaban J connectivity index is 2.35. The van der Waals surface area contributed by atoms with Crippen LogP contribution in [0.25, 0.3) is 0 Å². The monoisotopic (exact) mass is 278 g/mol. The van der Waals surface area contributed by atoms with Gasteiger partial charge >= 0.3 is 0 Å². The first-order valence-corrected chi connectivity index (χ1v) is 7.02. The summed E-state index contributed by atoms with van der Waals surface area (Å²) >= 11 is 0. The van der Waals surface area contributed by atoms with E-state index in [1.807, 2.05) is 0 Å². The molecular weight excluding hydrogens is 264 g/mol. The number of para-hydroxylation sites is 1. The summed E-state index contributed by atoms with van der Waals surface area (Å²) in [5.41, 5.74) is 6.36. The van der Waals surface area contributed by atoms with Crippen molar-refractivity contribution < 1.29 is 13.2 Å². The number of hydrogen-bond acceptors (Lipinski definition) is 4. The van der Waals surface area contributed by atoms with E-state index in [0.29, 0.717) is 11.4 Å². The summed E-state index contributed by atoms with van der Waals surface area (Å²) in [6.45, 7) is 0. The van der Waals surface area contributed by atoms with Crippen molar-refractivity contribution in [1.29, 1.82) is 0 Å². The van der Waals surface area contributed by atoms with Crippen LogP contribution in [-0.2, 0) is 10.0 Å². The van der Waals surface area contributed by atoms with Crippen LogP contribution >= 0.6 is 0 Å². The highest BCUT2D eigenvalue weighted by molar-refractivity contribution is 7.92. The number of hydrogen-bond donors (Lipinski definition) is 2. The Morgan fingerprint density at radius 1 is 1.11 bits per heavy atom. The van der Waals surface area contributed by atoms with Gasteiger partial charge in [0.1, 0.15) is 10.6 Å². The van der Waals surface area contributed by atoms with Gasteiger partial charge in [-0.2, -0.15) is 0 Å². The maximum atomic E-state index is 12.2. The van der Waals surface area contributed by atoms with Crippen LogP contribution in [0, 0.1) is 0 Å². The number of nitrogens with one attached hydrogen (secondary N) is 1. The minimum atomic E-state index is -3.70. The summed E-state index contributed by atoms with van der Waals surface area (Å²) in [5, 5.41) is 0. The topological polar surface area (TPSA) is 81.4 Å². The molecule has 2 aromatic carbocycles. The number of sulfonamides is 1. The molecule has 0 bridgehead atoms. The molecule has 0 aromatic heterocycles. The summed E-state index contributed by atoms with van der Waals surface area (Å²) in [6.07, 6.45) is 0. The molecule has 0 saturated carbocycles. The van der Waals surface area contributed by atoms with E-state index in [2.05, 4.69) is 4.72 Å². The first kappa shape index (κ1) is 13.2. The maximum absolute atomic E-state index is 12.2. The van der Waals surface area contributed by atoms with E-state index in [1.54, 1.807) is 36.4 Å². The lowest BCUT2D eigenvalue weighted by Crippen LogP contribution is -2.14. The maximum Gasteiger partial charge on any atom is 0.263 e. The minimum absolute atomic E-state index is 0.0251. The van der Waals surface area contributed by atoms with Gasteiger partial charge in [-0.05, 0) is 24.3 Å². The van der Waals surface area contributed by atoms with Gasteiger partial charge in [-0.3, -0.25) is 4.72 Å². The molecule has 19 heavy (non-hydrogen) atoms. The first-order valence-electron chi connectivity index (χ1n) is 5.54. The first-order chi connectivity index (χ1) is 9.03. The summed E-state index contributed by atoms with van der Waals surface area (Å²) in [7, 11) is -2.21. The smallest absolute Gasteiger partial charge is 0.263 e. The van der Waals surface area contributed by atoms with Crippen molar-refractivity contribution in [1.82, 2.24) is 0 Å². The van der Waals surface area contributed by atoms with Crippen molar-refractivity contribution >= 4 is 21.4 Å². The number of ether oxygens (including phenoxy) is 1. The molecule has 5 nitrogen and oxygen atoms in total. The van der Waals surface area contributed by atoms with Crippen LogP contribution in [0.3, 0.4) is 0 Å². The van der Waals surface area contributed by atoms with Gasteiger partial charge in [-0.15, -0.1) is 0 Å². The second-order valence-electron chi connectivity index (χ2n) is 3.88. The molecule has 0 spiro atoms. The summed E-state index contributed by atoms with van der Waals surface area (Å²) in [6, 6.07) is 13.1. The van der Waals surface area contributed by atoms with E-state index >= 15 is 0 Å². The van der Waals surface area contributed by atoms with E-state index in [9.17, 15) is 8.42 Å². The van der Waals surface area contributed by atoms with Crippen LogP contribution in [0.2, 0.25) is 0 Å². The molecule has 0 fully saturated rings. The van der Waals surface area contributed by atoms with Crippen molar-refractivity contribution in [3.05, 3.63) is 48.5 Å². The standard InChI is InChI=1S/C13H14N2O3S/c1-18-11-7-8-13(12(14)9-11)19(16,17)15-10-5-3-2-4-6-10/h2-9,15H,14H2,1H3. The molecule has 0 unspecified atom stereocenters. The Morgan fingerprint density at radius 2 is 1.79 bits per heavy atom. The molecule has 2 aromatic rings. The highest BCUT2D eigenvalue weighted by Gasteiger charge is 2.17.